The van der Waals surface area contributed by atoms with Crippen LogP contribution < -0.4 is 4.74 Å². The number of halogens is 1. The normalized spacial score (nSPS) is 24.1. The van der Waals surface area contributed by atoms with Crippen LogP contribution in [0.2, 0.25) is 5.02 Å². The van der Waals surface area contributed by atoms with Crippen LogP contribution in [0.5, 0.6) is 11.5 Å². The summed E-state index contributed by atoms with van der Waals surface area (Å²) >= 11 is 5.84. The fourth-order valence-electron chi connectivity index (χ4n) is 2.60. The molecule has 23 heavy (non-hydrogen) atoms. The van der Waals surface area contributed by atoms with Crippen molar-refractivity contribution in [3.05, 3.63) is 59.1 Å². The number of benzene rings is 2. The largest absolute Gasteiger partial charge is 0.457 e. The quantitative estimate of drug-likeness (QED) is 0.853. The van der Waals surface area contributed by atoms with E-state index in [1.54, 1.807) is 43.3 Å². The second-order valence-electron chi connectivity index (χ2n) is 5.98. The highest BCUT2D eigenvalue weighted by atomic mass is 35.5. The highest BCUT2D eigenvalue weighted by Gasteiger charge is 2.36. The zero-order chi connectivity index (χ0) is 16.4. The van der Waals surface area contributed by atoms with E-state index in [9.17, 15) is 9.90 Å². The summed E-state index contributed by atoms with van der Waals surface area (Å²) in [6.45, 7) is 1.65. The van der Waals surface area contributed by atoms with Crippen molar-refractivity contribution >= 4 is 17.6 Å². The summed E-state index contributed by atoms with van der Waals surface area (Å²) in [7, 11) is 0. The number of carbonyl (C=O) groups excluding carboxylic acids is 1. The number of ether oxygens (including phenoxy) is 2. The molecule has 1 saturated heterocycles. The highest BCUT2D eigenvalue weighted by molar-refractivity contribution is 6.30. The van der Waals surface area contributed by atoms with Gasteiger partial charge in [0.1, 0.15) is 17.6 Å². The number of carbonyl (C=O) groups is 1. The van der Waals surface area contributed by atoms with E-state index in [0.717, 1.165) is 5.56 Å². The summed E-state index contributed by atoms with van der Waals surface area (Å²) in [6.07, 6.45) is -0.0203. The van der Waals surface area contributed by atoms with Gasteiger partial charge in [-0.05, 0) is 48.9 Å². The van der Waals surface area contributed by atoms with Gasteiger partial charge in [-0.2, -0.15) is 0 Å². The molecule has 4 nitrogen and oxygen atoms in total. The van der Waals surface area contributed by atoms with E-state index in [-0.39, 0.29) is 12.4 Å². The molecule has 1 N–H and O–H groups in total. The smallest absolute Gasteiger partial charge is 0.309 e. The van der Waals surface area contributed by atoms with Crippen LogP contribution in [0.3, 0.4) is 0 Å². The van der Waals surface area contributed by atoms with Crippen LogP contribution in [-0.2, 0) is 9.53 Å². The molecular formula is C18H17ClO4. The van der Waals surface area contributed by atoms with Gasteiger partial charge in [0.2, 0.25) is 0 Å². The SMILES string of the molecule is CC1(O)CC(=O)OC(c2ccc(Oc3ccc(Cl)cc3)cc2)C1. The number of rotatable bonds is 3. The lowest BCUT2D eigenvalue weighted by Gasteiger charge is -2.33. The summed E-state index contributed by atoms with van der Waals surface area (Å²) in [5, 5.41) is 10.8. The number of esters is 1. The first-order chi connectivity index (χ1) is 10.9. The van der Waals surface area contributed by atoms with Gasteiger partial charge in [-0.25, -0.2) is 0 Å². The van der Waals surface area contributed by atoms with Crippen molar-refractivity contribution in [2.24, 2.45) is 0 Å². The van der Waals surface area contributed by atoms with Crippen LogP contribution >= 0.6 is 11.6 Å². The van der Waals surface area contributed by atoms with Crippen LogP contribution in [0.4, 0.5) is 0 Å². The minimum atomic E-state index is -1.03. The maximum atomic E-state index is 11.6. The Balaban J connectivity index is 1.71. The summed E-state index contributed by atoms with van der Waals surface area (Å²) < 4.78 is 11.0. The first-order valence-corrected chi connectivity index (χ1v) is 7.74. The molecular weight excluding hydrogens is 316 g/mol. The Morgan fingerprint density at radius 3 is 2.26 bits per heavy atom. The van der Waals surface area contributed by atoms with E-state index in [4.69, 9.17) is 21.1 Å². The van der Waals surface area contributed by atoms with E-state index < -0.39 is 11.7 Å². The molecule has 2 unspecified atom stereocenters. The molecule has 0 saturated carbocycles. The number of aliphatic hydroxyl groups is 1. The molecule has 5 heteroatoms. The molecule has 1 heterocycles. The number of hydrogen-bond acceptors (Lipinski definition) is 4. The van der Waals surface area contributed by atoms with E-state index in [0.29, 0.717) is 22.9 Å². The molecule has 0 radical (unpaired) electrons. The van der Waals surface area contributed by atoms with E-state index in [1.165, 1.54) is 0 Å². The van der Waals surface area contributed by atoms with Crippen LogP contribution in [0.25, 0.3) is 0 Å². The van der Waals surface area contributed by atoms with E-state index >= 15 is 0 Å². The average molecular weight is 333 g/mol. The van der Waals surface area contributed by atoms with Crippen molar-refractivity contribution in [2.75, 3.05) is 0 Å². The zero-order valence-electron chi connectivity index (χ0n) is 12.7. The highest BCUT2D eigenvalue weighted by Crippen LogP contribution is 2.35. The van der Waals surface area contributed by atoms with Crippen molar-refractivity contribution in [3.63, 3.8) is 0 Å². The maximum absolute atomic E-state index is 11.6. The molecule has 1 fully saturated rings. The van der Waals surface area contributed by atoms with E-state index in [1.807, 2.05) is 12.1 Å². The lowest BCUT2D eigenvalue weighted by Crippen LogP contribution is -2.37. The van der Waals surface area contributed by atoms with Crippen molar-refractivity contribution in [1.29, 1.82) is 0 Å². The van der Waals surface area contributed by atoms with Crippen molar-refractivity contribution in [3.8, 4) is 11.5 Å². The van der Waals surface area contributed by atoms with Crippen LogP contribution in [0.15, 0.2) is 48.5 Å². The van der Waals surface area contributed by atoms with Gasteiger partial charge >= 0.3 is 5.97 Å². The topological polar surface area (TPSA) is 55.8 Å². The van der Waals surface area contributed by atoms with Gasteiger partial charge in [0.05, 0.1) is 12.0 Å². The predicted octanol–water partition coefficient (Wildman–Crippen LogP) is 4.26. The third-order valence-corrected chi connectivity index (χ3v) is 3.98. The van der Waals surface area contributed by atoms with Gasteiger partial charge in [-0.1, -0.05) is 23.7 Å². The Morgan fingerprint density at radius 2 is 1.70 bits per heavy atom. The Bertz CT molecular complexity index is 692. The van der Waals surface area contributed by atoms with Gasteiger partial charge < -0.3 is 14.6 Å². The van der Waals surface area contributed by atoms with Gasteiger partial charge in [0, 0.05) is 11.4 Å². The molecule has 0 aromatic heterocycles. The lowest BCUT2D eigenvalue weighted by molar-refractivity contribution is -0.168. The molecule has 0 spiro atoms. The Labute approximate surface area is 139 Å². The Kier molecular flexibility index (Phi) is 4.28. The van der Waals surface area contributed by atoms with Gasteiger partial charge in [-0.3, -0.25) is 4.79 Å². The third kappa shape index (κ3) is 4.03. The minimum Gasteiger partial charge on any atom is -0.457 e. The van der Waals surface area contributed by atoms with Crippen LogP contribution in [0, 0.1) is 0 Å². The van der Waals surface area contributed by atoms with Crippen molar-refractivity contribution in [1.82, 2.24) is 0 Å². The number of cyclic esters (lactones) is 1. The molecule has 1 aliphatic heterocycles. The van der Waals surface area contributed by atoms with Crippen LogP contribution in [0.1, 0.15) is 31.4 Å². The summed E-state index contributed by atoms with van der Waals surface area (Å²) in [5.41, 5.74) is -0.194. The van der Waals surface area contributed by atoms with Gasteiger partial charge in [0.15, 0.2) is 0 Å². The Hall–Kier alpha value is -2.04. The molecule has 1 aliphatic rings. The van der Waals surface area contributed by atoms with E-state index in [2.05, 4.69) is 0 Å². The molecule has 2 atom stereocenters. The second-order valence-corrected chi connectivity index (χ2v) is 6.42. The van der Waals surface area contributed by atoms with Crippen molar-refractivity contribution in [2.45, 2.75) is 31.5 Å². The fraction of sp³-hybridized carbons (Fsp3) is 0.278. The van der Waals surface area contributed by atoms with Gasteiger partial charge in [-0.15, -0.1) is 0 Å². The lowest BCUT2D eigenvalue weighted by atomic mass is 9.89. The zero-order valence-corrected chi connectivity index (χ0v) is 13.4. The monoisotopic (exact) mass is 332 g/mol. The third-order valence-electron chi connectivity index (χ3n) is 3.73. The second kappa shape index (κ2) is 6.22. The van der Waals surface area contributed by atoms with Gasteiger partial charge in [0.25, 0.3) is 0 Å². The fourth-order valence-corrected chi connectivity index (χ4v) is 2.73. The maximum Gasteiger partial charge on any atom is 0.309 e. The molecule has 120 valence electrons. The molecule has 0 amide bonds. The Morgan fingerprint density at radius 1 is 1.13 bits per heavy atom. The first kappa shape index (κ1) is 15.8. The molecule has 2 aromatic carbocycles. The van der Waals surface area contributed by atoms with Crippen LogP contribution in [-0.4, -0.2) is 16.7 Å². The standard InChI is InChI=1S/C18H17ClO4/c1-18(21)10-16(23-17(20)11-18)12-2-6-14(7-3-12)22-15-8-4-13(19)5-9-15/h2-9,16,21H,10-11H2,1H3. The first-order valence-electron chi connectivity index (χ1n) is 7.37. The summed E-state index contributed by atoms with van der Waals surface area (Å²) in [5.74, 6) is 0.979. The predicted molar refractivity (Wildman–Crippen MR) is 86.7 cm³/mol. The molecule has 0 aliphatic carbocycles. The molecule has 2 aromatic rings. The molecule has 3 rings (SSSR count). The number of hydrogen-bond donors (Lipinski definition) is 1. The minimum absolute atomic E-state index is 0.0290. The van der Waals surface area contributed by atoms with Crippen molar-refractivity contribution < 1.29 is 19.4 Å². The summed E-state index contributed by atoms with van der Waals surface area (Å²) in [6, 6.07) is 14.4. The average Bonchev–Trinajstić information content (AvgIpc) is 2.48. The summed E-state index contributed by atoms with van der Waals surface area (Å²) in [4.78, 5) is 11.6. The molecule has 0 bridgehead atoms.